The molecule has 2 aromatic rings. The molecule has 3 rings (SSSR count). The second-order valence-electron chi connectivity index (χ2n) is 5.28. The van der Waals surface area contributed by atoms with Crippen molar-refractivity contribution in [2.45, 2.75) is 25.8 Å². The predicted molar refractivity (Wildman–Crippen MR) is 76.2 cm³/mol. The molecule has 1 saturated heterocycles. The summed E-state index contributed by atoms with van der Waals surface area (Å²) in [6.07, 6.45) is 1.86. The van der Waals surface area contributed by atoms with Crippen LogP contribution in [-0.2, 0) is 9.53 Å². The van der Waals surface area contributed by atoms with Crippen molar-refractivity contribution < 1.29 is 9.53 Å². The van der Waals surface area contributed by atoms with Gasteiger partial charge in [0, 0.05) is 6.61 Å². The van der Waals surface area contributed by atoms with E-state index in [0.717, 1.165) is 36.3 Å². The standard InChI is InChI=1S/C15H19N3O2/c1-10(16-15(19)11-5-4-8-20-9-11)14-17-12-6-2-3-7-13(12)18-14/h2-3,6-7,10-11H,4-5,8-9H2,1H3,(H,16,19)(H,17,18). The Labute approximate surface area is 117 Å². The van der Waals surface area contributed by atoms with Crippen molar-refractivity contribution in [2.75, 3.05) is 13.2 Å². The van der Waals surface area contributed by atoms with E-state index >= 15 is 0 Å². The molecule has 0 spiro atoms. The number of carbonyl (C=O) groups excluding carboxylic acids is 1. The molecule has 0 aliphatic carbocycles. The second kappa shape index (κ2) is 5.63. The highest BCUT2D eigenvalue weighted by molar-refractivity contribution is 5.79. The number of nitrogens with zero attached hydrogens (tertiary/aromatic N) is 1. The number of H-pyrrole nitrogens is 1. The summed E-state index contributed by atoms with van der Waals surface area (Å²) in [5.41, 5.74) is 1.91. The molecule has 1 fully saturated rings. The molecule has 2 unspecified atom stereocenters. The van der Waals surface area contributed by atoms with Gasteiger partial charge in [-0.25, -0.2) is 4.98 Å². The highest BCUT2D eigenvalue weighted by atomic mass is 16.5. The molecule has 0 bridgehead atoms. The maximum absolute atomic E-state index is 12.2. The van der Waals surface area contributed by atoms with E-state index in [2.05, 4.69) is 15.3 Å². The summed E-state index contributed by atoms with van der Waals surface area (Å²) in [5.74, 6) is 0.810. The molecule has 5 heteroatoms. The van der Waals surface area contributed by atoms with Crippen LogP contribution in [0.2, 0.25) is 0 Å². The third-order valence-electron chi connectivity index (χ3n) is 3.71. The van der Waals surface area contributed by atoms with E-state index in [0.29, 0.717) is 6.61 Å². The van der Waals surface area contributed by atoms with Crippen LogP contribution in [0.3, 0.4) is 0 Å². The lowest BCUT2D eigenvalue weighted by atomic mass is 10.0. The number of fused-ring (bicyclic) bond motifs is 1. The van der Waals surface area contributed by atoms with Crippen LogP contribution in [0.4, 0.5) is 0 Å². The fourth-order valence-corrected chi connectivity index (χ4v) is 2.52. The minimum Gasteiger partial charge on any atom is -0.381 e. The average Bonchev–Trinajstić information content (AvgIpc) is 2.92. The maximum atomic E-state index is 12.2. The topological polar surface area (TPSA) is 67.0 Å². The average molecular weight is 273 g/mol. The van der Waals surface area contributed by atoms with Crippen LogP contribution in [0.5, 0.6) is 0 Å². The highest BCUT2D eigenvalue weighted by Crippen LogP contribution is 2.18. The number of amides is 1. The van der Waals surface area contributed by atoms with Crippen LogP contribution < -0.4 is 5.32 Å². The lowest BCUT2D eigenvalue weighted by Gasteiger charge is -2.22. The third kappa shape index (κ3) is 2.67. The van der Waals surface area contributed by atoms with Crippen LogP contribution in [0.15, 0.2) is 24.3 Å². The summed E-state index contributed by atoms with van der Waals surface area (Å²) in [6.45, 7) is 3.24. The number of rotatable bonds is 3. The summed E-state index contributed by atoms with van der Waals surface area (Å²) >= 11 is 0. The van der Waals surface area contributed by atoms with E-state index in [1.54, 1.807) is 0 Å². The molecular weight excluding hydrogens is 254 g/mol. The molecule has 5 nitrogen and oxygen atoms in total. The Hall–Kier alpha value is -1.88. The molecule has 1 aromatic carbocycles. The van der Waals surface area contributed by atoms with Crippen molar-refractivity contribution in [2.24, 2.45) is 5.92 Å². The lowest BCUT2D eigenvalue weighted by molar-refractivity contribution is -0.129. The molecule has 1 amide bonds. The van der Waals surface area contributed by atoms with E-state index in [1.165, 1.54) is 0 Å². The first-order valence-corrected chi connectivity index (χ1v) is 7.07. The molecule has 2 heterocycles. The van der Waals surface area contributed by atoms with Gasteiger partial charge in [0.05, 0.1) is 29.6 Å². The Kier molecular flexibility index (Phi) is 3.69. The number of imidazole rings is 1. The van der Waals surface area contributed by atoms with Gasteiger partial charge in [0.2, 0.25) is 5.91 Å². The van der Waals surface area contributed by atoms with Gasteiger partial charge in [-0.3, -0.25) is 4.79 Å². The predicted octanol–water partition coefficient (Wildman–Crippen LogP) is 2.17. The van der Waals surface area contributed by atoms with Gasteiger partial charge in [-0.1, -0.05) is 12.1 Å². The van der Waals surface area contributed by atoms with E-state index in [-0.39, 0.29) is 17.9 Å². The molecule has 106 valence electrons. The molecular formula is C15H19N3O2. The lowest BCUT2D eigenvalue weighted by Crippen LogP contribution is -2.37. The number of benzene rings is 1. The molecule has 1 aliphatic rings. The summed E-state index contributed by atoms with van der Waals surface area (Å²) in [5, 5.41) is 3.01. The van der Waals surface area contributed by atoms with Crippen molar-refractivity contribution in [1.82, 2.24) is 15.3 Å². The van der Waals surface area contributed by atoms with Crippen LogP contribution in [0.25, 0.3) is 11.0 Å². The first-order valence-electron chi connectivity index (χ1n) is 7.07. The number of aromatic amines is 1. The van der Waals surface area contributed by atoms with Crippen molar-refractivity contribution in [3.05, 3.63) is 30.1 Å². The Morgan fingerprint density at radius 3 is 3.10 bits per heavy atom. The molecule has 0 radical (unpaired) electrons. The first-order chi connectivity index (χ1) is 9.74. The normalized spacial score (nSPS) is 20.8. The quantitative estimate of drug-likeness (QED) is 0.900. The summed E-state index contributed by atoms with van der Waals surface area (Å²) < 4.78 is 5.35. The molecule has 2 atom stereocenters. The van der Waals surface area contributed by atoms with Crippen LogP contribution in [0.1, 0.15) is 31.6 Å². The monoisotopic (exact) mass is 273 g/mol. The van der Waals surface area contributed by atoms with Crippen molar-refractivity contribution >= 4 is 16.9 Å². The number of hydrogen-bond acceptors (Lipinski definition) is 3. The van der Waals surface area contributed by atoms with Crippen LogP contribution in [0, 0.1) is 5.92 Å². The van der Waals surface area contributed by atoms with Gasteiger partial charge in [0.15, 0.2) is 0 Å². The SMILES string of the molecule is CC(NC(=O)C1CCCOC1)c1nc2ccccc2[nH]1. The van der Waals surface area contributed by atoms with Gasteiger partial charge in [0.1, 0.15) is 5.82 Å². The zero-order valence-corrected chi connectivity index (χ0v) is 11.6. The van der Waals surface area contributed by atoms with Gasteiger partial charge >= 0.3 is 0 Å². The van der Waals surface area contributed by atoms with Gasteiger partial charge in [0.25, 0.3) is 0 Å². The van der Waals surface area contributed by atoms with Gasteiger partial charge in [-0.15, -0.1) is 0 Å². The van der Waals surface area contributed by atoms with Crippen LogP contribution >= 0.6 is 0 Å². The molecule has 1 aromatic heterocycles. The number of para-hydroxylation sites is 2. The summed E-state index contributed by atoms with van der Waals surface area (Å²) in [4.78, 5) is 19.9. The zero-order valence-electron chi connectivity index (χ0n) is 11.6. The van der Waals surface area contributed by atoms with Crippen molar-refractivity contribution in [3.8, 4) is 0 Å². The largest absolute Gasteiger partial charge is 0.381 e. The summed E-state index contributed by atoms with van der Waals surface area (Å²) in [6, 6.07) is 7.73. The van der Waals surface area contributed by atoms with E-state index in [4.69, 9.17) is 4.74 Å². The van der Waals surface area contributed by atoms with E-state index in [1.807, 2.05) is 31.2 Å². The number of carbonyl (C=O) groups is 1. The molecule has 0 saturated carbocycles. The second-order valence-corrected chi connectivity index (χ2v) is 5.28. The number of hydrogen-bond donors (Lipinski definition) is 2. The minimum atomic E-state index is -0.128. The Bertz CT molecular complexity index is 569. The molecule has 20 heavy (non-hydrogen) atoms. The van der Waals surface area contributed by atoms with Crippen molar-refractivity contribution in [3.63, 3.8) is 0 Å². The van der Waals surface area contributed by atoms with E-state index < -0.39 is 0 Å². The van der Waals surface area contributed by atoms with E-state index in [9.17, 15) is 4.79 Å². The number of ether oxygens (including phenoxy) is 1. The number of nitrogens with one attached hydrogen (secondary N) is 2. The smallest absolute Gasteiger partial charge is 0.226 e. The van der Waals surface area contributed by atoms with Crippen molar-refractivity contribution in [1.29, 1.82) is 0 Å². The highest BCUT2D eigenvalue weighted by Gasteiger charge is 2.24. The fraction of sp³-hybridized carbons (Fsp3) is 0.467. The zero-order chi connectivity index (χ0) is 13.9. The van der Waals surface area contributed by atoms with Crippen LogP contribution in [-0.4, -0.2) is 29.1 Å². The summed E-state index contributed by atoms with van der Waals surface area (Å²) in [7, 11) is 0. The Morgan fingerprint density at radius 2 is 2.35 bits per heavy atom. The Balaban J connectivity index is 1.68. The molecule has 1 aliphatic heterocycles. The maximum Gasteiger partial charge on any atom is 0.226 e. The number of aromatic nitrogens is 2. The molecule has 2 N–H and O–H groups in total. The minimum absolute atomic E-state index is 0.0319. The van der Waals surface area contributed by atoms with Gasteiger partial charge in [-0.05, 0) is 31.9 Å². The third-order valence-corrected chi connectivity index (χ3v) is 3.71. The van der Waals surface area contributed by atoms with Gasteiger partial charge < -0.3 is 15.0 Å². The first kappa shape index (κ1) is 13.1. The van der Waals surface area contributed by atoms with Gasteiger partial charge in [-0.2, -0.15) is 0 Å². The fourth-order valence-electron chi connectivity index (χ4n) is 2.52. The Morgan fingerprint density at radius 1 is 1.50 bits per heavy atom.